The van der Waals surface area contributed by atoms with E-state index in [1.165, 1.54) is 17.7 Å². The molecule has 114 valence electrons. The number of hydrogen-bond donors (Lipinski definition) is 1. The van der Waals surface area contributed by atoms with Gasteiger partial charge in [-0.15, -0.1) is 0 Å². The van der Waals surface area contributed by atoms with Gasteiger partial charge in [0.15, 0.2) is 0 Å². The van der Waals surface area contributed by atoms with Crippen molar-refractivity contribution in [1.29, 1.82) is 0 Å². The SMILES string of the molecule is CC1CCc2ccccc2N1CCC(=O)N1CCC(N)C1. The second-order valence-electron chi connectivity index (χ2n) is 6.35. The van der Waals surface area contributed by atoms with E-state index in [2.05, 4.69) is 36.1 Å². The number of benzene rings is 1. The van der Waals surface area contributed by atoms with Gasteiger partial charge in [-0.05, 0) is 37.8 Å². The summed E-state index contributed by atoms with van der Waals surface area (Å²) in [4.78, 5) is 16.6. The molecule has 3 rings (SSSR count). The fourth-order valence-electron chi connectivity index (χ4n) is 3.49. The smallest absolute Gasteiger partial charge is 0.224 e. The van der Waals surface area contributed by atoms with Crippen LogP contribution in [0.3, 0.4) is 0 Å². The van der Waals surface area contributed by atoms with Crippen LogP contribution in [0.5, 0.6) is 0 Å². The lowest BCUT2D eigenvalue weighted by Gasteiger charge is -2.37. The number of para-hydroxylation sites is 1. The third-order valence-corrected chi connectivity index (χ3v) is 4.81. The number of nitrogens with two attached hydrogens (primary N) is 1. The minimum Gasteiger partial charge on any atom is -0.368 e. The molecular formula is C17H25N3O. The second-order valence-corrected chi connectivity index (χ2v) is 6.35. The first kappa shape index (κ1) is 14.4. The maximum Gasteiger partial charge on any atom is 0.224 e. The summed E-state index contributed by atoms with van der Waals surface area (Å²) in [6.45, 7) is 4.62. The number of anilines is 1. The van der Waals surface area contributed by atoms with Crippen LogP contribution in [-0.4, -0.2) is 42.5 Å². The van der Waals surface area contributed by atoms with Gasteiger partial charge in [-0.1, -0.05) is 18.2 Å². The summed E-state index contributed by atoms with van der Waals surface area (Å²) < 4.78 is 0. The number of likely N-dealkylation sites (tertiary alicyclic amines) is 1. The highest BCUT2D eigenvalue weighted by atomic mass is 16.2. The quantitative estimate of drug-likeness (QED) is 0.922. The lowest BCUT2D eigenvalue weighted by Crippen LogP contribution is -2.40. The fourth-order valence-corrected chi connectivity index (χ4v) is 3.49. The van der Waals surface area contributed by atoms with Gasteiger partial charge < -0.3 is 15.5 Å². The average molecular weight is 287 g/mol. The van der Waals surface area contributed by atoms with Crippen molar-refractivity contribution in [1.82, 2.24) is 4.90 Å². The molecule has 4 heteroatoms. The van der Waals surface area contributed by atoms with Gasteiger partial charge in [0.1, 0.15) is 0 Å². The van der Waals surface area contributed by atoms with Crippen molar-refractivity contribution >= 4 is 11.6 Å². The number of fused-ring (bicyclic) bond motifs is 1. The molecular weight excluding hydrogens is 262 g/mol. The van der Waals surface area contributed by atoms with Gasteiger partial charge in [0.25, 0.3) is 0 Å². The van der Waals surface area contributed by atoms with Gasteiger partial charge in [0.2, 0.25) is 5.91 Å². The Bertz CT molecular complexity index is 517. The van der Waals surface area contributed by atoms with Gasteiger partial charge in [-0.2, -0.15) is 0 Å². The molecule has 2 aliphatic rings. The van der Waals surface area contributed by atoms with Crippen LogP contribution in [-0.2, 0) is 11.2 Å². The molecule has 0 aromatic heterocycles. The van der Waals surface area contributed by atoms with Crippen molar-refractivity contribution < 1.29 is 4.79 Å². The van der Waals surface area contributed by atoms with Crippen LogP contribution in [0.25, 0.3) is 0 Å². The summed E-state index contributed by atoms with van der Waals surface area (Å²) in [5.74, 6) is 0.248. The molecule has 1 fully saturated rings. The topological polar surface area (TPSA) is 49.6 Å². The Morgan fingerprint density at radius 1 is 1.33 bits per heavy atom. The number of carbonyl (C=O) groups excluding carboxylic acids is 1. The van der Waals surface area contributed by atoms with Gasteiger partial charge in [-0.3, -0.25) is 4.79 Å². The zero-order valence-corrected chi connectivity index (χ0v) is 12.8. The van der Waals surface area contributed by atoms with E-state index < -0.39 is 0 Å². The van der Waals surface area contributed by atoms with Gasteiger partial charge in [0, 0.05) is 43.8 Å². The Morgan fingerprint density at radius 3 is 2.90 bits per heavy atom. The normalized spacial score (nSPS) is 25.0. The Kier molecular flexibility index (Phi) is 4.15. The molecule has 4 nitrogen and oxygen atoms in total. The van der Waals surface area contributed by atoms with Crippen LogP contribution in [0.4, 0.5) is 5.69 Å². The first-order valence-electron chi connectivity index (χ1n) is 8.03. The van der Waals surface area contributed by atoms with E-state index in [0.717, 1.165) is 32.5 Å². The molecule has 0 radical (unpaired) electrons. The van der Waals surface area contributed by atoms with Crippen molar-refractivity contribution in [3.8, 4) is 0 Å². The Labute approximate surface area is 126 Å². The van der Waals surface area contributed by atoms with E-state index in [-0.39, 0.29) is 11.9 Å². The molecule has 1 aromatic rings. The molecule has 21 heavy (non-hydrogen) atoms. The van der Waals surface area contributed by atoms with Crippen LogP contribution in [0, 0.1) is 0 Å². The molecule has 1 amide bonds. The van der Waals surface area contributed by atoms with Crippen molar-refractivity contribution in [2.45, 2.75) is 44.7 Å². The molecule has 2 aliphatic heterocycles. The highest BCUT2D eigenvalue weighted by Crippen LogP contribution is 2.30. The highest BCUT2D eigenvalue weighted by Gasteiger charge is 2.26. The lowest BCUT2D eigenvalue weighted by atomic mass is 9.96. The predicted octanol–water partition coefficient (Wildman–Crippen LogP) is 1.78. The van der Waals surface area contributed by atoms with Crippen molar-refractivity contribution in [2.24, 2.45) is 5.73 Å². The fraction of sp³-hybridized carbons (Fsp3) is 0.588. The van der Waals surface area contributed by atoms with Crippen molar-refractivity contribution in [3.63, 3.8) is 0 Å². The Balaban J connectivity index is 1.63. The first-order valence-corrected chi connectivity index (χ1v) is 8.03. The average Bonchev–Trinajstić information content (AvgIpc) is 2.92. The number of hydrogen-bond acceptors (Lipinski definition) is 3. The number of rotatable bonds is 3. The van der Waals surface area contributed by atoms with Crippen molar-refractivity contribution in [3.05, 3.63) is 29.8 Å². The zero-order chi connectivity index (χ0) is 14.8. The summed E-state index contributed by atoms with van der Waals surface area (Å²) in [6, 6.07) is 9.25. The van der Waals surface area contributed by atoms with Crippen molar-refractivity contribution in [2.75, 3.05) is 24.5 Å². The monoisotopic (exact) mass is 287 g/mol. The van der Waals surface area contributed by atoms with Crippen LogP contribution < -0.4 is 10.6 Å². The van der Waals surface area contributed by atoms with E-state index in [4.69, 9.17) is 5.73 Å². The molecule has 0 aliphatic carbocycles. The Morgan fingerprint density at radius 2 is 2.14 bits per heavy atom. The molecule has 0 bridgehead atoms. The summed E-state index contributed by atoms with van der Waals surface area (Å²) in [6.07, 6.45) is 3.84. The van der Waals surface area contributed by atoms with E-state index in [1.54, 1.807) is 0 Å². The number of aryl methyl sites for hydroxylation is 1. The third-order valence-electron chi connectivity index (χ3n) is 4.81. The second kappa shape index (κ2) is 6.06. The van der Waals surface area contributed by atoms with E-state index in [0.29, 0.717) is 12.5 Å². The van der Waals surface area contributed by atoms with Gasteiger partial charge in [0.05, 0.1) is 0 Å². The first-order chi connectivity index (χ1) is 10.1. The van der Waals surface area contributed by atoms with E-state index in [9.17, 15) is 4.79 Å². The highest BCUT2D eigenvalue weighted by molar-refractivity contribution is 5.77. The minimum atomic E-state index is 0.170. The summed E-state index contributed by atoms with van der Waals surface area (Å²) in [7, 11) is 0. The molecule has 1 aromatic carbocycles. The summed E-state index contributed by atoms with van der Waals surface area (Å²) in [5.41, 5.74) is 8.60. The number of amides is 1. The van der Waals surface area contributed by atoms with E-state index in [1.807, 2.05) is 4.90 Å². The number of nitrogens with zero attached hydrogens (tertiary/aromatic N) is 2. The molecule has 2 heterocycles. The van der Waals surface area contributed by atoms with E-state index >= 15 is 0 Å². The maximum atomic E-state index is 12.3. The van der Waals surface area contributed by atoms with Gasteiger partial charge >= 0.3 is 0 Å². The van der Waals surface area contributed by atoms with Crippen LogP contribution in [0.2, 0.25) is 0 Å². The van der Waals surface area contributed by atoms with Crippen LogP contribution in [0.15, 0.2) is 24.3 Å². The molecule has 2 N–H and O–H groups in total. The Hall–Kier alpha value is -1.55. The summed E-state index contributed by atoms with van der Waals surface area (Å²) >= 11 is 0. The largest absolute Gasteiger partial charge is 0.368 e. The van der Waals surface area contributed by atoms with Crippen LogP contribution >= 0.6 is 0 Å². The molecule has 0 spiro atoms. The van der Waals surface area contributed by atoms with Crippen LogP contribution in [0.1, 0.15) is 31.7 Å². The minimum absolute atomic E-state index is 0.170. The molecule has 1 saturated heterocycles. The summed E-state index contributed by atoms with van der Waals surface area (Å²) in [5, 5.41) is 0. The predicted molar refractivity (Wildman–Crippen MR) is 85.4 cm³/mol. The van der Waals surface area contributed by atoms with Gasteiger partial charge in [-0.25, -0.2) is 0 Å². The standard InChI is InChI=1S/C17H25N3O/c1-13-6-7-14-4-2-3-5-16(14)20(13)11-9-17(21)19-10-8-15(18)12-19/h2-5,13,15H,6-12,18H2,1H3. The number of carbonyl (C=O) groups is 1. The molecule has 0 saturated carbocycles. The maximum absolute atomic E-state index is 12.3. The zero-order valence-electron chi connectivity index (χ0n) is 12.8. The lowest BCUT2D eigenvalue weighted by molar-refractivity contribution is -0.130. The molecule has 2 unspecified atom stereocenters. The third kappa shape index (κ3) is 3.05. The molecule has 2 atom stereocenters.